The number of carbonyl (C=O) groups excluding carboxylic acids is 1. The number of hydrogen-bond acceptors (Lipinski definition) is 5. The highest BCUT2D eigenvalue weighted by atomic mass is 16.5. The minimum atomic E-state index is 0.171. The molecule has 0 aliphatic carbocycles. The number of aromatic nitrogens is 2. The van der Waals surface area contributed by atoms with Gasteiger partial charge >= 0.3 is 0 Å². The van der Waals surface area contributed by atoms with Crippen LogP contribution in [0, 0.1) is 6.92 Å². The summed E-state index contributed by atoms with van der Waals surface area (Å²) in [5.74, 6) is 1.70. The smallest absolute Gasteiger partial charge is 0.236 e. The fourth-order valence-electron chi connectivity index (χ4n) is 2.27. The summed E-state index contributed by atoms with van der Waals surface area (Å²) in [6.07, 6.45) is 2.02. The van der Waals surface area contributed by atoms with E-state index in [1.54, 1.807) is 6.92 Å². The summed E-state index contributed by atoms with van der Waals surface area (Å²) in [6, 6.07) is 0. The fraction of sp³-hybridized carbons (Fsp3) is 0.750. The number of piperidine rings is 1. The Morgan fingerprint density at radius 3 is 2.94 bits per heavy atom. The molecule has 0 radical (unpaired) electrons. The Hall–Kier alpha value is -1.43. The second-order valence-corrected chi connectivity index (χ2v) is 5.09. The number of likely N-dealkylation sites (N-methyl/N-ethyl adjacent to an activating group) is 1. The minimum Gasteiger partial charge on any atom is -0.341 e. The number of amides is 1. The second kappa shape index (κ2) is 5.48. The third kappa shape index (κ3) is 3.07. The Bertz CT molecular complexity index is 416. The van der Waals surface area contributed by atoms with Crippen molar-refractivity contribution < 1.29 is 9.32 Å². The Labute approximate surface area is 107 Å². The highest BCUT2D eigenvalue weighted by Crippen LogP contribution is 2.24. The van der Waals surface area contributed by atoms with Gasteiger partial charge in [0.1, 0.15) is 0 Å². The normalized spacial score (nSPS) is 20.4. The zero-order valence-electron chi connectivity index (χ0n) is 11.2. The van der Waals surface area contributed by atoms with Crippen molar-refractivity contribution in [3.63, 3.8) is 0 Å². The van der Waals surface area contributed by atoms with Crippen molar-refractivity contribution in [3.8, 4) is 0 Å². The summed E-state index contributed by atoms with van der Waals surface area (Å²) in [5.41, 5.74) is 0. The Kier molecular flexibility index (Phi) is 3.96. The highest BCUT2D eigenvalue weighted by molar-refractivity contribution is 5.78. The molecule has 6 nitrogen and oxygen atoms in total. The van der Waals surface area contributed by atoms with Crippen LogP contribution in [0.2, 0.25) is 0 Å². The topological polar surface area (TPSA) is 62.5 Å². The number of aryl methyl sites for hydroxylation is 1. The van der Waals surface area contributed by atoms with E-state index in [1.807, 2.05) is 23.9 Å². The van der Waals surface area contributed by atoms with Crippen molar-refractivity contribution in [2.75, 3.05) is 33.7 Å². The van der Waals surface area contributed by atoms with Gasteiger partial charge in [-0.1, -0.05) is 5.16 Å². The van der Waals surface area contributed by atoms with E-state index in [0.29, 0.717) is 19.0 Å². The summed E-state index contributed by atoms with van der Waals surface area (Å²) in [7, 11) is 3.81. The standard InChI is InChI=1S/C12H20N4O2/c1-9-13-12(14-18-9)10-5-4-6-16(7-10)11(17)8-15(2)3/h10H,4-8H2,1-3H3. The predicted molar refractivity (Wildman–Crippen MR) is 66.1 cm³/mol. The van der Waals surface area contributed by atoms with Gasteiger partial charge in [-0.05, 0) is 26.9 Å². The van der Waals surface area contributed by atoms with Crippen molar-refractivity contribution in [2.24, 2.45) is 0 Å². The van der Waals surface area contributed by atoms with Gasteiger partial charge in [-0.2, -0.15) is 4.98 Å². The van der Waals surface area contributed by atoms with E-state index in [1.165, 1.54) is 0 Å². The lowest BCUT2D eigenvalue weighted by atomic mass is 9.97. The zero-order valence-corrected chi connectivity index (χ0v) is 11.2. The van der Waals surface area contributed by atoms with Crippen LogP contribution in [0.4, 0.5) is 0 Å². The van der Waals surface area contributed by atoms with Crippen LogP contribution in [0.3, 0.4) is 0 Å². The molecule has 0 bridgehead atoms. The van der Waals surface area contributed by atoms with E-state index in [2.05, 4.69) is 10.1 Å². The van der Waals surface area contributed by atoms with Crippen molar-refractivity contribution in [2.45, 2.75) is 25.7 Å². The number of likely N-dealkylation sites (tertiary alicyclic amines) is 1. The highest BCUT2D eigenvalue weighted by Gasteiger charge is 2.27. The summed E-state index contributed by atoms with van der Waals surface area (Å²) < 4.78 is 5.01. The molecule has 100 valence electrons. The Morgan fingerprint density at radius 2 is 2.33 bits per heavy atom. The molecule has 2 heterocycles. The molecule has 1 amide bonds. The molecule has 1 unspecified atom stereocenters. The van der Waals surface area contributed by atoms with Gasteiger partial charge in [0.15, 0.2) is 5.82 Å². The molecular weight excluding hydrogens is 232 g/mol. The Balaban J connectivity index is 1.98. The SMILES string of the molecule is Cc1nc(C2CCCN(C(=O)CN(C)C)C2)no1. The first-order chi connectivity index (χ1) is 8.56. The van der Waals surface area contributed by atoms with Gasteiger partial charge in [-0.3, -0.25) is 4.79 Å². The number of nitrogens with zero attached hydrogens (tertiary/aromatic N) is 4. The fourth-order valence-corrected chi connectivity index (χ4v) is 2.27. The van der Waals surface area contributed by atoms with E-state index in [9.17, 15) is 4.79 Å². The molecule has 1 atom stereocenters. The third-order valence-electron chi connectivity index (χ3n) is 3.13. The molecule has 18 heavy (non-hydrogen) atoms. The number of carbonyl (C=O) groups is 1. The maximum absolute atomic E-state index is 12.0. The summed E-state index contributed by atoms with van der Waals surface area (Å²) in [5, 5.41) is 3.96. The lowest BCUT2D eigenvalue weighted by Gasteiger charge is -2.32. The van der Waals surface area contributed by atoms with E-state index < -0.39 is 0 Å². The first-order valence-electron chi connectivity index (χ1n) is 6.29. The van der Waals surface area contributed by atoms with Crippen LogP contribution in [-0.2, 0) is 4.79 Å². The summed E-state index contributed by atoms with van der Waals surface area (Å²) >= 11 is 0. The molecule has 1 aromatic rings. The van der Waals surface area contributed by atoms with Crippen molar-refractivity contribution >= 4 is 5.91 Å². The minimum absolute atomic E-state index is 0.171. The third-order valence-corrected chi connectivity index (χ3v) is 3.13. The molecule has 1 aliphatic heterocycles. The summed E-state index contributed by atoms with van der Waals surface area (Å²) in [4.78, 5) is 20.1. The first kappa shape index (κ1) is 13.0. The quantitative estimate of drug-likeness (QED) is 0.790. The maximum Gasteiger partial charge on any atom is 0.236 e. The molecule has 1 saturated heterocycles. The van der Waals surface area contributed by atoms with Crippen LogP contribution >= 0.6 is 0 Å². The van der Waals surface area contributed by atoms with E-state index >= 15 is 0 Å². The van der Waals surface area contributed by atoms with Crippen LogP contribution in [0.25, 0.3) is 0 Å². The van der Waals surface area contributed by atoms with Gasteiger partial charge in [0.25, 0.3) is 0 Å². The largest absolute Gasteiger partial charge is 0.341 e. The van der Waals surface area contributed by atoms with Gasteiger partial charge in [0.05, 0.1) is 6.54 Å². The molecule has 6 heteroatoms. The average molecular weight is 252 g/mol. The zero-order chi connectivity index (χ0) is 13.1. The Morgan fingerprint density at radius 1 is 1.56 bits per heavy atom. The molecular formula is C12H20N4O2. The molecule has 0 aromatic carbocycles. The summed E-state index contributed by atoms with van der Waals surface area (Å²) in [6.45, 7) is 3.78. The van der Waals surface area contributed by atoms with Crippen LogP contribution in [0.1, 0.15) is 30.5 Å². The van der Waals surface area contributed by atoms with Gasteiger partial charge in [-0.15, -0.1) is 0 Å². The first-order valence-corrected chi connectivity index (χ1v) is 6.29. The van der Waals surface area contributed by atoms with Crippen molar-refractivity contribution in [1.29, 1.82) is 0 Å². The molecule has 1 fully saturated rings. The van der Waals surface area contributed by atoms with Gasteiger partial charge in [0.2, 0.25) is 11.8 Å². The van der Waals surface area contributed by atoms with Crippen LogP contribution in [0.15, 0.2) is 4.52 Å². The van der Waals surface area contributed by atoms with Gasteiger partial charge in [-0.25, -0.2) is 0 Å². The molecule has 0 spiro atoms. The monoisotopic (exact) mass is 252 g/mol. The predicted octanol–water partition coefficient (Wildman–Crippen LogP) is 0.646. The molecule has 1 aliphatic rings. The number of rotatable bonds is 3. The van der Waals surface area contributed by atoms with Crippen LogP contribution in [-0.4, -0.2) is 59.6 Å². The maximum atomic E-state index is 12.0. The molecule has 0 N–H and O–H groups in total. The van der Waals surface area contributed by atoms with Crippen LogP contribution < -0.4 is 0 Å². The molecule has 1 aromatic heterocycles. The number of hydrogen-bond donors (Lipinski definition) is 0. The second-order valence-electron chi connectivity index (χ2n) is 5.09. The molecule has 2 rings (SSSR count). The molecule has 0 saturated carbocycles. The lowest BCUT2D eigenvalue weighted by Crippen LogP contribution is -2.43. The average Bonchev–Trinajstić information content (AvgIpc) is 2.75. The van der Waals surface area contributed by atoms with Gasteiger partial charge < -0.3 is 14.3 Å². The van der Waals surface area contributed by atoms with Crippen LogP contribution in [0.5, 0.6) is 0 Å². The van der Waals surface area contributed by atoms with Gasteiger partial charge in [0, 0.05) is 25.9 Å². The van der Waals surface area contributed by atoms with E-state index in [4.69, 9.17) is 4.52 Å². The van der Waals surface area contributed by atoms with Crippen molar-refractivity contribution in [1.82, 2.24) is 19.9 Å². The van der Waals surface area contributed by atoms with E-state index in [0.717, 1.165) is 25.2 Å². The lowest BCUT2D eigenvalue weighted by molar-refractivity contribution is -0.133. The van der Waals surface area contributed by atoms with E-state index in [-0.39, 0.29) is 11.8 Å². The van der Waals surface area contributed by atoms with Crippen molar-refractivity contribution in [3.05, 3.63) is 11.7 Å².